The number of nitrogens with zero attached hydrogens (tertiary/aromatic N) is 1. The first-order valence-electron chi connectivity index (χ1n) is 7.03. The van der Waals surface area contributed by atoms with Crippen LogP contribution < -0.4 is 10.6 Å². The van der Waals surface area contributed by atoms with Crippen LogP contribution in [0.5, 0.6) is 0 Å². The number of hydrogen-bond donors (Lipinski definition) is 2. The van der Waals surface area contributed by atoms with Crippen molar-refractivity contribution < 1.29 is 9.21 Å². The highest BCUT2D eigenvalue weighted by molar-refractivity contribution is 5.94. The highest BCUT2D eigenvalue weighted by Crippen LogP contribution is 2.22. The second kappa shape index (κ2) is 6.45. The molecule has 2 atom stereocenters. The van der Waals surface area contributed by atoms with Crippen molar-refractivity contribution in [1.29, 1.82) is 0 Å². The molecule has 1 fully saturated rings. The molecule has 2 aromatic rings. The Morgan fingerprint density at radius 1 is 1.48 bits per heavy atom. The van der Waals surface area contributed by atoms with E-state index in [9.17, 15) is 4.79 Å². The molecule has 1 aliphatic rings. The molecular formula is C15H20ClN3O2. The zero-order valence-corrected chi connectivity index (χ0v) is 13.0. The fourth-order valence-corrected chi connectivity index (χ4v) is 2.73. The molecule has 0 bridgehead atoms. The molecule has 1 saturated heterocycles. The van der Waals surface area contributed by atoms with E-state index in [2.05, 4.69) is 22.5 Å². The van der Waals surface area contributed by atoms with Crippen molar-refractivity contribution in [1.82, 2.24) is 10.3 Å². The number of carbonyl (C=O) groups excluding carboxylic acids is 1. The molecule has 2 N–H and O–H groups in total. The van der Waals surface area contributed by atoms with Gasteiger partial charge in [-0.15, -0.1) is 12.4 Å². The van der Waals surface area contributed by atoms with E-state index < -0.39 is 0 Å². The first-order valence-corrected chi connectivity index (χ1v) is 7.03. The number of hydrogen-bond acceptors (Lipinski definition) is 4. The fraction of sp³-hybridized carbons (Fsp3) is 0.467. The molecule has 2 heterocycles. The molecule has 114 valence electrons. The maximum absolute atomic E-state index is 12.3. The van der Waals surface area contributed by atoms with E-state index in [4.69, 9.17) is 4.42 Å². The third kappa shape index (κ3) is 3.54. The van der Waals surface area contributed by atoms with Gasteiger partial charge in [0.1, 0.15) is 5.52 Å². The van der Waals surface area contributed by atoms with Crippen LogP contribution in [-0.2, 0) is 4.79 Å². The molecule has 1 amide bonds. The Balaban J connectivity index is 0.00000161. The van der Waals surface area contributed by atoms with Crippen LogP contribution in [0.2, 0.25) is 0 Å². The summed E-state index contributed by atoms with van der Waals surface area (Å²) in [6, 6.07) is 5.96. The standard InChI is InChI=1S/C15H19N3O2.ClH/c1-9-7-11(5-6-16-9)15(19)18-12-3-4-14-13(8-12)17-10(2)20-14;/h3-4,8-9,11,16H,5-7H2,1-2H3,(H,18,19);1H/t9-,11-;/m0./s1. The van der Waals surface area contributed by atoms with Crippen molar-refractivity contribution in [3.05, 3.63) is 24.1 Å². The van der Waals surface area contributed by atoms with Gasteiger partial charge in [0.05, 0.1) is 0 Å². The Bertz CT molecular complexity index is 641. The number of nitrogens with one attached hydrogen (secondary N) is 2. The molecule has 3 rings (SSSR count). The smallest absolute Gasteiger partial charge is 0.227 e. The summed E-state index contributed by atoms with van der Waals surface area (Å²) >= 11 is 0. The Kier molecular flexibility index (Phi) is 4.85. The Labute approximate surface area is 129 Å². The summed E-state index contributed by atoms with van der Waals surface area (Å²) in [5, 5.41) is 6.34. The number of anilines is 1. The molecule has 0 unspecified atom stereocenters. The number of aromatic nitrogens is 1. The van der Waals surface area contributed by atoms with Crippen LogP contribution in [0.3, 0.4) is 0 Å². The quantitative estimate of drug-likeness (QED) is 0.895. The summed E-state index contributed by atoms with van der Waals surface area (Å²) in [6.07, 6.45) is 1.78. The van der Waals surface area contributed by atoms with Gasteiger partial charge in [0.2, 0.25) is 5.91 Å². The fourth-order valence-electron chi connectivity index (χ4n) is 2.73. The molecule has 0 radical (unpaired) electrons. The molecule has 21 heavy (non-hydrogen) atoms. The normalized spacial score (nSPS) is 21.8. The van der Waals surface area contributed by atoms with Gasteiger partial charge in [-0.05, 0) is 44.5 Å². The van der Waals surface area contributed by atoms with E-state index in [1.54, 1.807) is 0 Å². The minimum Gasteiger partial charge on any atom is -0.441 e. The van der Waals surface area contributed by atoms with Gasteiger partial charge in [0.25, 0.3) is 0 Å². The average Bonchev–Trinajstić information content (AvgIpc) is 2.78. The van der Waals surface area contributed by atoms with Crippen molar-refractivity contribution in [2.24, 2.45) is 5.92 Å². The number of oxazole rings is 1. The summed E-state index contributed by atoms with van der Waals surface area (Å²) < 4.78 is 5.43. The molecular weight excluding hydrogens is 290 g/mol. The minimum absolute atomic E-state index is 0. The maximum Gasteiger partial charge on any atom is 0.227 e. The second-order valence-corrected chi connectivity index (χ2v) is 5.48. The number of aryl methyl sites for hydroxylation is 1. The van der Waals surface area contributed by atoms with Gasteiger partial charge in [-0.1, -0.05) is 0 Å². The largest absolute Gasteiger partial charge is 0.441 e. The lowest BCUT2D eigenvalue weighted by molar-refractivity contribution is -0.120. The van der Waals surface area contributed by atoms with E-state index in [1.807, 2.05) is 25.1 Å². The third-order valence-corrected chi connectivity index (χ3v) is 3.76. The van der Waals surface area contributed by atoms with Crippen LogP contribution in [0.4, 0.5) is 5.69 Å². The van der Waals surface area contributed by atoms with Crippen LogP contribution in [0.15, 0.2) is 22.6 Å². The first kappa shape index (κ1) is 15.8. The topological polar surface area (TPSA) is 67.2 Å². The number of halogens is 1. The zero-order chi connectivity index (χ0) is 14.1. The third-order valence-electron chi connectivity index (χ3n) is 3.76. The summed E-state index contributed by atoms with van der Waals surface area (Å²) in [6.45, 7) is 4.83. The molecule has 1 aliphatic heterocycles. The lowest BCUT2D eigenvalue weighted by Crippen LogP contribution is -2.40. The number of rotatable bonds is 2. The van der Waals surface area contributed by atoms with Crippen LogP contribution in [0.1, 0.15) is 25.7 Å². The Morgan fingerprint density at radius 2 is 2.29 bits per heavy atom. The van der Waals surface area contributed by atoms with Crippen LogP contribution in [-0.4, -0.2) is 23.5 Å². The lowest BCUT2D eigenvalue weighted by Gasteiger charge is -2.27. The van der Waals surface area contributed by atoms with Crippen molar-refractivity contribution in [2.45, 2.75) is 32.7 Å². The van der Waals surface area contributed by atoms with Crippen LogP contribution in [0, 0.1) is 12.8 Å². The molecule has 0 aliphatic carbocycles. The molecule has 1 aromatic carbocycles. The number of fused-ring (bicyclic) bond motifs is 1. The van der Waals surface area contributed by atoms with E-state index in [-0.39, 0.29) is 24.2 Å². The van der Waals surface area contributed by atoms with Gasteiger partial charge in [0, 0.05) is 24.6 Å². The summed E-state index contributed by atoms with van der Waals surface area (Å²) in [5.41, 5.74) is 2.30. The molecule has 0 saturated carbocycles. The number of carbonyl (C=O) groups is 1. The van der Waals surface area contributed by atoms with Crippen molar-refractivity contribution >= 4 is 35.1 Å². The number of amides is 1. The highest BCUT2D eigenvalue weighted by atomic mass is 35.5. The summed E-state index contributed by atoms with van der Waals surface area (Å²) in [5.74, 6) is 0.814. The highest BCUT2D eigenvalue weighted by Gasteiger charge is 2.24. The van der Waals surface area contributed by atoms with Gasteiger partial charge in [0.15, 0.2) is 11.5 Å². The maximum atomic E-state index is 12.3. The first-order chi connectivity index (χ1) is 9.61. The lowest BCUT2D eigenvalue weighted by atomic mass is 9.92. The number of benzene rings is 1. The molecule has 6 heteroatoms. The van der Waals surface area contributed by atoms with E-state index in [1.165, 1.54) is 0 Å². The molecule has 0 spiro atoms. The average molecular weight is 310 g/mol. The zero-order valence-electron chi connectivity index (χ0n) is 12.2. The monoisotopic (exact) mass is 309 g/mol. The van der Waals surface area contributed by atoms with Gasteiger partial charge in [-0.25, -0.2) is 4.98 Å². The van der Waals surface area contributed by atoms with Crippen molar-refractivity contribution in [2.75, 3.05) is 11.9 Å². The van der Waals surface area contributed by atoms with Crippen molar-refractivity contribution in [3.63, 3.8) is 0 Å². The van der Waals surface area contributed by atoms with Crippen molar-refractivity contribution in [3.8, 4) is 0 Å². The van der Waals surface area contributed by atoms with E-state index in [0.717, 1.165) is 36.2 Å². The van der Waals surface area contributed by atoms with Gasteiger partial charge >= 0.3 is 0 Å². The molecule has 1 aromatic heterocycles. The van der Waals surface area contributed by atoms with Gasteiger partial charge in [-0.2, -0.15) is 0 Å². The van der Waals surface area contributed by atoms with Crippen LogP contribution in [0.25, 0.3) is 11.1 Å². The Morgan fingerprint density at radius 3 is 3.05 bits per heavy atom. The van der Waals surface area contributed by atoms with Gasteiger partial charge < -0.3 is 15.1 Å². The predicted molar refractivity (Wildman–Crippen MR) is 84.8 cm³/mol. The predicted octanol–water partition coefficient (Wildman–Crippen LogP) is 2.88. The summed E-state index contributed by atoms with van der Waals surface area (Å²) in [7, 11) is 0. The SMILES string of the molecule is Cc1nc2cc(NC(=O)[C@H]3CCN[C@@H](C)C3)ccc2o1.Cl. The number of piperidine rings is 1. The van der Waals surface area contributed by atoms with Gasteiger partial charge in [-0.3, -0.25) is 4.79 Å². The van der Waals surface area contributed by atoms with Crippen LogP contribution >= 0.6 is 12.4 Å². The van der Waals surface area contributed by atoms with E-state index >= 15 is 0 Å². The Hall–Kier alpha value is -1.59. The summed E-state index contributed by atoms with van der Waals surface area (Å²) in [4.78, 5) is 16.5. The second-order valence-electron chi connectivity index (χ2n) is 5.48. The minimum atomic E-state index is 0. The van der Waals surface area contributed by atoms with E-state index in [0.29, 0.717) is 11.9 Å². The molecule has 5 nitrogen and oxygen atoms in total.